The number of hydrogen-bond donors (Lipinski definition) is 0. The van der Waals surface area contributed by atoms with E-state index >= 15 is 0 Å². The lowest BCUT2D eigenvalue weighted by Crippen LogP contribution is -2.40. The Balaban J connectivity index is 3.14. The Morgan fingerprint density at radius 3 is 2.55 bits per heavy atom. The maximum Gasteiger partial charge on any atom is 0.510 e. The fourth-order valence-corrected chi connectivity index (χ4v) is 1.45. The lowest BCUT2D eigenvalue weighted by atomic mass is 9.95. The molecule has 0 unspecified atom stereocenters. The summed E-state index contributed by atoms with van der Waals surface area (Å²) in [6, 6.07) is 9.51. The van der Waals surface area contributed by atoms with Crippen molar-refractivity contribution >= 4 is 12.1 Å². The summed E-state index contributed by atoms with van der Waals surface area (Å²) in [5.41, 5.74) is -2.03. The van der Waals surface area contributed by atoms with Gasteiger partial charge in [0.1, 0.15) is 12.7 Å². The molecule has 0 aliphatic heterocycles. The molecule has 104 valence electrons. The molecule has 1 rings (SSSR count). The zero-order valence-electron chi connectivity index (χ0n) is 10.9. The van der Waals surface area contributed by atoms with Gasteiger partial charge >= 0.3 is 17.7 Å². The van der Waals surface area contributed by atoms with Crippen molar-refractivity contribution < 1.29 is 23.8 Å². The van der Waals surface area contributed by atoms with Gasteiger partial charge in [0.15, 0.2) is 0 Å². The molecule has 0 fully saturated rings. The first-order valence-corrected chi connectivity index (χ1v) is 5.62. The van der Waals surface area contributed by atoms with Gasteiger partial charge in [-0.1, -0.05) is 43.0 Å². The quantitative estimate of drug-likeness (QED) is 0.602. The number of carbonyl (C=O) groups is 2. The molecule has 0 bridgehead atoms. The van der Waals surface area contributed by atoms with E-state index in [1.807, 2.05) is 0 Å². The molecule has 0 aliphatic carbocycles. The average Bonchev–Trinajstić information content (AvgIpc) is 2.50. The molecular formula is C14H13NO5. The van der Waals surface area contributed by atoms with Gasteiger partial charge < -0.3 is 14.2 Å². The van der Waals surface area contributed by atoms with Gasteiger partial charge in [0.25, 0.3) is 0 Å². The minimum atomic E-state index is -2.20. The molecule has 0 amide bonds. The standard InChI is InChI=1S/C14H13NO5/c1-3-9-19-13(17)20-14(10-15,12(16)18-2)11-7-5-4-6-8-11/h3-8H,1,9H2,2H3/t14-/m1/s1. The molecule has 0 aliphatic rings. The largest absolute Gasteiger partial charge is 0.510 e. The Labute approximate surface area is 116 Å². The van der Waals surface area contributed by atoms with Crippen molar-refractivity contribution in [3.05, 3.63) is 48.6 Å². The molecule has 6 heteroatoms. The van der Waals surface area contributed by atoms with Gasteiger partial charge in [0, 0.05) is 5.56 Å². The fraction of sp³-hybridized carbons (Fsp3) is 0.214. The number of hydrogen-bond acceptors (Lipinski definition) is 6. The lowest BCUT2D eigenvalue weighted by molar-refractivity contribution is -0.159. The van der Waals surface area contributed by atoms with Crippen LogP contribution in [0.25, 0.3) is 0 Å². The van der Waals surface area contributed by atoms with Crippen LogP contribution in [0, 0.1) is 11.3 Å². The van der Waals surface area contributed by atoms with E-state index in [2.05, 4.69) is 16.1 Å². The molecule has 0 spiro atoms. The SMILES string of the molecule is C=CCOC(=O)O[C@@](C#N)(C(=O)OC)c1ccccc1. The molecule has 0 heterocycles. The Morgan fingerprint density at radius 1 is 1.40 bits per heavy atom. The van der Waals surface area contributed by atoms with Crippen LogP contribution in [0.3, 0.4) is 0 Å². The van der Waals surface area contributed by atoms with Gasteiger partial charge in [0.05, 0.1) is 7.11 Å². The lowest BCUT2D eigenvalue weighted by Gasteiger charge is -2.23. The van der Waals surface area contributed by atoms with Crippen molar-refractivity contribution in [1.82, 2.24) is 0 Å². The van der Waals surface area contributed by atoms with Crippen LogP contribution in [0.1, 0.15) is 5.56 Å². The second-order valence-electron chi connectivity index (χ2n) is 3.60. The van der Waals surface area contributed by atoms with Gasteiger partial charge in [-0.3, -0.25) is 0 Å². The number of esters is 1. The Hall–Kier alpha value is -2.81. The van der Waals surface area contributed by atoms with Crippen molar-refractivity contribution in [2.24, 2.45) is 0 Å². The topological polar surface area (TPSA) is 85.6 Å². The molecule has 1 aromatic rings. The number of benzene rings is 1. The summed E-state index contributed by atoms with van der Waals surface area (Å²) in [4.78, 5) is 23.4. The van der Waals surface area contributed by atoms with Crippen molar-refractivity contribution in [1.29, 1.82) is 5.26 Å². The number of carbonyl (C=O) groups excluding carboxylic acids is 2. The molecule has 0 saturated heterocycles. The van der Waals surface area contributed by atoms with Gasteiger partial charge in [-0.15, -0.1) is 0 Å². The zero-order valence-corrected chi connectivity index (χ0v) is 10.9. The van der Waals surface area contributed by atoms with E-state index in [4.69, 9.17) is 4.74 Å². The van der Waals surface area contributed by atoms with Gasteiger partial charge in [-0.25, -0.2) is 9.59 Å². The molecule has 0 radical (unpaired) electrons. The Bertz CT molecular complexity index is 534. The smallest absolute Gasteiger partial charge is 0.465 e. The molecule has 1 aromatic carbocycles. The summed E-state index contributed by atoms with van der Waals surface area (Å²) in [6.07, 6.45) is 0.163. The highest BCUT2D eigenvalue weighted by atomic mass is 16.7. The predicted octanol–water partition coefficient (Wildman–Crippen LogP) is 1.92. The monoisotopic (exact) mass is 275 g/mol. The van der Waals surface area contributed by atoms with Crippen LogP contribution in [0.15, 0.2) is 43.0 Å². The third-order valence-corrected chi connectivity index (χ3v) is 2.37. The highest BCUT2D eigenvalue weighted by Gasteiger charge is 2.47. The molecule has 0 N–H and O–H groups in total. The van der Waals surface area contributed by atoms with E-state index in [1.165, 1.54) is 18.2 Å². The van der Waals surface area contributed by atoms with Crippen LogP contribution < -0.4 is 0 Å². The minimum Gasteiger partial charge on any atom is -0.465 e. The van der Waals surface area contributed by atoms with Gasteiger partial charge in [0.2, 0.25) is 0 Å². The Morgan fingerprint density at radius 2 is 2.05 bits per heavy atom. The molecule has 20 heavy (non-hydrogen) atoms. The van der Waals surface area contributed by atoms with Crippen molar-refractivity contribution in [2.75, 3.05) is 13.7 Å². The van der Waals surface area contributed by atoms with Crippen LogP contribution in [0.4, 0.5) is 4.79 Å². The highest BCUT2D eigenvalue weighted by molar-refractivity contribution is 5.87. The normalized spacial score (nSPS) is 12.4. The first kappa shape index (κ1) is 15.2. The number of ether oxygens (including phenoxy) is 3. The van der Waals surface area contributed by atoms with E-state index in [0.29, 0.717) is 0 Å². The van der Waals surface area contributed by atoms with E-state index < -0.39 is 17.7 Å². The number of methoxy groups -OCH3 is 1. The van der Waals surface area contributed by atoms with Crippen molar-refractivity contribution in [2.45, 2.75) is 5.60 Å². The van der Waals surface area contributed by atoms with Gasteiger partial charge in [-0.05, 0) is 0 Å². The van der Waals surface area contributed by atoms with Crippen molar-refractivity contribution in [3.8, 4) is 6.07 Å². The van der Waals surface area contributed by atoms with E-state index in [-0.39, 0.29) is 12.2 Å². The number of rotatable bonds is 5. The average molecular weight is 275 g/mol. The zero-order chi connectivity index (χ0) is 15.0. The minimum absolute atomic E-state index is 0.101. The molecule has 1 atom stereocenters. The molecule has 6 nitrogen and oxygen atoms in total. The van der Waals surface area contributed by atoms with Crippen LogP contribution >= 0.6 is 0 Å². The number of nitrogens with zero attached hydrogens (tertiary/aromatic N) is 1. The van der Waals surface area contributed by atoms with Crippen LogP contribution in [0.5, 0.6) is 0 Å². The first-order chi connectivity index (χ1) is 9.60. The Kier molecular flexibility index (Phi) is 5.30. The second kappa shape index (κ2) is 6.95. The molecule has 0 saturated carbocycles. The first-order valence-electron chi connectivity index (χ1n) is 5.62. The summed E-state index contributed by atoms with van der Waals surface area (Å²) in [6.45, 7) is 3.27. The third-order valence-electron chi connectivity index (χ3n) is 2.37. The van der Waals surface area contributed by atoms with Crippen molar-refractivity contribution in [3.63, 3.8) is 0 Å². The van der Waals surface area contributed by atoms with Crippen LogP contribution in [-0.2, 0) is 24.6 Å². The second-order valence-corrected chi connectivity index (χ2v) is 3.60. The third kappa shape index (κ3) is 3.14. The summed E-state index contributed by atoms with van der Waals surface area (Å²) >= 11 is 0. The molecule has 0 aromatic heterocycles. The maximum atomic E-state index is 11.9. The number of nitriles is 1. The summed E-state index contributed by atoms with van der Waals surface area (Å²) in [5, 5.41) is 9.30. The predicted molar refractivity (Wildman–Crippen MR) is 68.4 cm³/mol. The van der Waals surface area contributed by atoms with E-state index in [9.17, 15) is 14.9 Å². The van der Waals surface area contributed by atoms with Crippen LogP contribution in [0.2, 0.25) is 0 Å². The summed E-state index contributed by atoms with van der Waals surface area (Å²) in [5.74, 6) is -1.01. The van der Waals surface area contributed by atoms with E-state index in [0.717, 1.165) is 7.11 Å². The van der Waals surface area contributed by atoms with Crippen LogP contribution in [-0.4, -0.2) is 25.8 Å². The molecular weight excluding hydrogens is 262 g/mol. The summed E-state index contributed by atoms with van der Waals surface area (Å²) < 4.78 is 14.1. The van der Waals surface area contributed by atoms with E-state index in [1.54, 1.807) is 24.3 Å². The fourth-order valence-electron chi connectivity index (χ4n) is 1.45. The highest BCUT2D eigenvalue weighted by Crippen LogP contribution is 2.27. The summed E-state index contributed by atoms with van der Waals surface area (Å²) in [7, 11) is 1.09. The maximum absolute atomic E-state index is 11.9. The van der Waals surface area contributed by atoms with Gasteiger partial charge in [-0.2, -0.15) is 5.26 Å².